The largest absolute Gasteiger partial charge is 0.404 e. The van der Waals surface area contributed by atoms with Gasteiger partial charge in [0, 0.05) is 11.9 Å². The van der Waals surface area contributed by atoms with E-state index in [-0.39, 0.29) is 29.1 Å². The summed E-state index contributed by atoms with van der Waals surface area (Å²) in [6.45, 7) is 3.92. The molecule has 0 radical (unpaired) electrons. The molecule has 1 saturated carbocycles. The summed E-state index contributed by atoms with van der Waals surface area (Å²) < 4.78 is 26.4. The number of carbonyl (C=O) groups excluding carboxylic acids is 1. The molecule has 1 fully saturated rings. The number of amides is 1. The maximum Gasteiger partial charge on any atom is 0.278 e. The number of amidine groups is 1. The zero-order valence-corrected chi connectivity index (χ0v) is 14.7. The van der Waals surface area contributed by atoms with E-state index in [4.69, 9.17) is 5.73 Å². The fraction of sp³-hybridized carbons (Fsp3) is 0.368. The zero-order chi connectivity index (χ0) is 18.8. The van der Waals surface area contributed by atoms with Gasteiger partial charge in [-0.1, -0.05) is 6.07 Å². The fourth-order valence-corrected chi connectivity index (χ4v) is 2.80. The average Bonchev–Trinajstić information content (AvgIpc) is 3.43. The molecule has 0 aromatic heterocycles. The predicted octanol–water partition coefficient (Wildman–Crippen LogP) is 3.01. The summed E-state index contributed by atoms with van der Waals surface area (Å²) in [6.07, 6.45) is 1.78. The van der Waals surface area contributed by atoms with Crippen molar-refractivity contribution in [2.45, 2.75) is 39.2 Å². The second-order valence-electron chi connectivity index (χ2n) is 6.69. The number of carbonyl (C=O) groups is 1. The van der Waals surface area contributed by atoms with E-state index in [2.05, 4.69) is 15.6 Å². The molecule has 1 aliphatic heterocycles. The summed E-state index contributed by atoms with van der Waals surface area (Å²) in [4.78, 5) is 17.0. The third-order valence-electron chi connectivity index (χ3n) is 4.66. The minimum Gasteiger partial charge on any atom is -0.404 e. The molecule has 26 heavy (non-hydrogen) atoms. The van der Waals surface area contributed by atoms with E-state index < -0.39 is 12.3 Å². The highest BCUT2D eigenvalue weighted by Crippen LogP contribution is 2.37. The molecule has 7 heteroatoms. The number of halogens is 2. The van der Waals surface area contributed by atoms with Gasteiger partial charge in [0.2, 0.25) is 0 Å². The lowest BCUT2D eigenvalue weighted by atomic mass is 10.1. The number of nitrogens with zero attached hydrogens (tertiary/aromatic N) is 1. The molecule has 3 rings (SSSR count). The number of alkyl halides is 2. The number of benzene rings is 1. The van der Waals surface area contributed by atoms with E-state index >= 15 is 0 Å². The van der Waals surface area contributed by atoms with Crippen molar-refractivity contribution in [3.63, 3.8) is 0 Å². The van der Waals surface area contributed by atoms with Crippen LogP contribution >= 0.6 is 0 Å². The molecule has 5 nitrogen and oxygen atoms in total. The number of hydrogen-bond acceptors (Lipinski definition) is 4. The van der Waals surface area contributed by atoms with Crippen LogP contribution < -0.4 is 16.4 Å². The number of rotatable bonds is 5. The maximum absolute atomic E-state index is 13.2. The lowest BCUT2D eigenvalue weighted by molar-refractivity contribution is -0.112. The Balaban J connectivity index is 1.80. The molecular formula is C19H22F2N4O. The standard InChI is InChI=1S/C19H22F2N4O/c1-10-3-6-13(7-11(10)2)23-19(26)14(9-22)18-24-15(12-4-5-12)8-16(25-18)17(20)21/h3,6-9,12,15,17H,4-5,22H2,1-2H3,(H,23,26)(H,24,25). The molecule has 1 aliphatic carbocycles. The minimum absolute atomic E-state index is 0.0418. The molecule has 2 aliphatic rings. The molecule has 0 spiro atoms. The van der Waals surface area contributed by atoms with E-state index in [0.29, 0.717) is 5.69 Å². The van der Waals surface area contributed by atoms with Gasteiger partial charge in [0.1, 0.15) is 5.84 Å². The van der Waals surface area contributed by atoms with Gasteiger partial charge in [0.25, 0.3) is 12.3 Å². The van der Waals surface area contributed by atoms with Gasteiger partial charge < -0.3 is 16.4 Å². The van der Waals surface area contributed by atoms with Crippen LogP contribution in [0.4, 0.5) is 14.5 Å². The molecule has 1 atom stereocenters. The van der Waals surface area contributed by atoms with Crippen LogP contribution in [0, 0.1) is 19.8 Å². The van der Waals surface area contributed by atoms with Gasteiger partial charge in [-0.15, -0.1) is 0 Å². The summed E-state index contributed by atoms with van der Waals surface area (Å²) in [5, 5.41) is 5.30. The Bertz CT molecular complexity index is 810. The maximum atomic E-state index is 13.2. The molecule has 1 unspecified atom stereocenters. The Morgan fingerprint density at radius 1 is 1.35 bits per heavy atom. The Kier molecular flexibility index (Phi) is 5.06. The summed E-state index contributed by atoms with van der Waals surface area (Å²) in [5.41, 5.74) is 8.18. The van der Waals surface area contributed by atoms with Crippen LogP contribution in [0.1, 0.15) is 24.0 Å². The quantitative estimate of drug-likeness (QED) is 0.706. The van der Waals surface area contributed by atoms with Crippen LogP contribution in [0.5, 0.6) is 0 Å². The van der Waals surface area contributed by atoms with Crippen molar-refractivity contribution >= 4 is 17.4 Å². The van der Waals surface area contributed by atoms with Crippen LogP contribution in [0.15, 0.2) is 46.7 Å². The number of anilines is 1. The number of hydrogen-bond donors (Lipinski definition) is 3. The molecule has 138 valence electrons. The Labute approximate surface area is 151 Å². The molecule has 0 bridgehead atoms. The SMILES string of the molecule is Cc1ccc(NC(=O)C(=CN)C2=NC(C3CC3)C=C(C(F)F)N2)cc1C. The Hall–Kier alpha value is -2.70. The number of nitrogens with two attached hydrogens (primary N) is 1. The highest BCUT2D eigenvalue weighted by molar-refractivity contribution is 6.25. The second kappa shape index (κ2) is 7.27. The van der Waals surface area contributed by atoms with E-state index in [9.17, 15) is 13.6 Å². The monoisotopic (exact) mass is 360 g/mol. The average molecular weight is 360 g/mol. The first-order chi connectivity index (χ1) is 12.4. The van der Waals surface area contributed by atoms with Crippen molar-refractivity contribution in [2.24, 2.45) is 16.6 Å². The van der Waals surface area contributed by atoms with E-state index in [1.807, 2.05) is 26.0 Å². The minimum atomic E-state index is -2.66. The van der Waals surface area contributed by atoms with Crippen LogP contribution in [0.25, 0.3) is 0 Å². The highest BCUT2D eigenvalue weighted by atomic mass is 19.3. The normalized spacial score (nSPS) is 20.3. The van der Waals surface area contributed by atoms with Crippen LogP contribution in [0.3, 0.4) is 0 Å². The van der Waals surface area contributed by atoms with Gasteiger partial charge in [0.15, 0.2) is 0 Å². The fourth-order valence-electron chi connectivity index (χ4n) is 2.80. The lowest BCUT2D eigenvalue weighted by Gasteiger charge is -2.23. The van der Waals surface area contributed by atoms with E-state index in [0.717, 1.165) is 30.2 Å². The van der Waals surface area contributed by atoms with Crippen LogP contribution in [-0.4, -0.2) is 24.2 Å². The first-order valence-electron chi connectivity index (χ1n) is 8.54. The summed E-state index contributed by atoms with van der Waals surface area (Å²) in [7, 11) is 0. The van der Waals surface area contributed by atoms with Crippen molar-refractivity contribution in [1.29, 1.82) is 0 Å². The van der Waals surface area contributed by atoms with Crippen LogP contribution in [0.2, 0.25) is 0 Å². The van der Waals surface area contributed by atoms with Gasteiger partial charge in [-0.25, -0.2) is 8.78 Å². The van der Waals surface area contributed by atoms with Gasteiger partial charge in [-0.3, -0.25) is 9.79 Å². The van der Waals surface area contributed by atoms with Gasteiger partial charge in [-0.2, -0.15) is 0 Å². The van der Waals surface area contributed by atoms with Crippen molar-refractivity contribution < 1.29 is 13.6 Å². The second-order valence-corrected chi connectivity index (χ2v) is 6.69. The highest BCUT2D eigenvalue weighted by Gasteiger charge is 2.34. The lowest BCUT2D eigenvalue weighted by Crippen LogP contribution is -2.38. The Morgan fingerprint density at radius 2 is 2.08 bits per heavy atom. The van der Waals surface area contributed by atoms with Crippen molar-refractivity contribution in [3.05, 3.63) is 52.9 Å². The molecule has 1 aromatic carbocycles. The molecule has 4 N–H and O–H groups in total. The molecule has 1 heterocycles. The Morgan fingerprint density at radius 3 is 2.65 bits per heavy atom. The summed E-state index contributed by atoms with van der Waals surface area (Å²) >= 11 is 0. The first kappa shape index (κ1) is 18.1. The summed E-state index contributed by atoms with van der Waals surface area (Å²) in [6, 6.07) is 5.17. The van der Waals surface area contributed by atoms with Crippen molar-refractivity contribution in [2.75, 3.05) is 5.32 Å². The van der Waals surface area contributed by atoms with Crippen molar-refractivity contribution in [1.82, 2.24) is 5.32 Å². The molecule has 0 saturated heterocycles. The molecule has 1 aromatic rings. The predicted molar refractivity (Wildman–Crippen MR) is 98.0 cm³/mol. The van der Waals surface area contributed by atoms with E-state index in [1.54, 1.807) is 6.07 Å². The number of aryl methyl sites for hydroxylation is 2. The third-order valence-corrected chi connectivity index (χ3v) is 4.66. The number of nitrogens with one attached hydrogen (secondary N) is 2. The topological polar surface area (TPSA) is 79.5 Å². The summed E-state index contributed by atoms with van der Waals surface area (Å²) in [5.74, 6) is -0.154. The van der Waals surface area contributed by atoms with Crippen LogP contribution in [-0.2, 0) is 4.79 Å². The van der Waals surface area contributed by atoms with Gasteiger partial charge >= 0.3 is 0 Å². The smallest absolute Gasteiger partial charge is 0.278 e. The first-order valence-corrected chi connectivity index (χ1v) is 8.54. The van der Waals surface area contributed by atoms with Gasteiger partial charge in [0.05, 0.1) is 17.3 Å². The third kappa shape index (κ3) is 3.92. The number of allylic oxidation sites excluding steroid dienone is 1. The van der Waals surface area contributed by atoms with Crippen molar-refractivity contribution in [3.8, 4) is 0 Å². The molecule has 1 amide bonds. The zero-order valence-electron chi connectivity index (χ0n) is 14.7. The number of aliphatic imine (C=N–C) groups is 1. The van der Waals surface area contributed by atoms with E-state index in [1.165, 1.54) is 6.08 Å². The molecular weight excluding hydrogens is 338 g/mol. The van der Waals surface area contributed by atoms with Gasteiger partial charge in [-0.05, 0) is 61.9 Å².